The minimum atomic E-state index is -2.12. The van der Waals surface area contributed by atoms with Gasteiger partial charge in [0.05, 0.1) is 0 Å². The monoisotopic (exact) mass is 394 g/mol. The molecular formula is C25H28FOP. The van der Waals surface area contributed by atoms with Gasteiger partial charge in [-0.3, -0.25) is 0 Å². The van der Waals surface area contributed by atoms with E-state index in [1.165, 1.54) is 47.2 Å². The summed E-state index contributed by atoms with van der Waals surface area (Å²) >= 11 is 0. The first-order valence-electron chi connectivity index (χ1n) is 10.3. The molecule has 2 aliphatic rings. The molecule has 0 amide bonds. The second-order valence-corrected chi connectivity index (χ2v) is 11.6. The van der Waals surface area contributed by atoms with Crippen LogP contribution >= 0.6 is 7.26 Å². The summed E-state index contributed by atoms with van der Waals surface area (Å²) in [4.78, 5) is 0. The molecule has 28 heavy (non-hydrogen) atoms. The van der Waals surface area contributed by atoms with Crippen molar-refractivity contribution in [2.75, 3.05) is 19.4 Å². The normalized spacial score (nSPS) is 12.6. The van der Waals surface area contributed by atoms with Gasteiger partial charge in [0.2, 0.25) is 0 Å². The molecule has 0 spiro atoms. The molecule has 0 radical (unpaired) electrons. The SMILES string of the molecule is CCCCC[PH](c1ccccc1)(c1ccc(OCCF)cc1)c1ccc2cc1-2. The van der Waals surface area contributed by atoms with Crippen LogP contribution in [0, 0.1) is 0 Å². The van der Waals surface area contributed by atoms with Crippen LogP contribution in [0.1, 0.15) is 26.2 Å². The molecule has 0 bridgehead atoms. The number of alkyl halides is 1. The molecule has 0 saturated carbocycles. The summed E-state index contributed by atoms with van der Waals surface area (Å²) in [6, 6.07) is 26.5. The van der Waals surface area contributed by atoms with E-state index in [0.29, 0.717) is 0 Å². The van der Waals surface area contributed by atoms with Crippen LogP contribution in [-0.4, -0.2) is 19.4 Å². The van der Waals surface area contributed by atoms with Crippen molar-refractivity contribution in [3.05, 3.63) is 72.8 Å². The van der Waals surface area contributed by atoms with E-state index in [1.807, 2.05) is 12.1 Å². The summed E-state index contributed by atoms with van der Waals surface area (Å²) in [5, 5.41) is 4.43. The Kier molecular flexibility index (Phi) is 5.78. The minimum absolute atomic E-state index is 0.114. The Morgan fingerprint density at radius 2 is 1.61 bits per heavy atom. The van der Waals surface area contributed by atoms with E-state index >= 15 is 0 Å². The molecule has 0 aromatic heterocycles. The maximum atomic E-state index is 12.5. The number of unbranched alkanes of at least 4 members (excludes halogenated alkanes) is 2. The van der Waals surface area contributed by atoms with Crippen LogP contribution in [0.5, 0.6) is 5.75 Å². The van der Waals surface area contributed by atoms with Crippen molar-refractivity contribution in [2.24, 2.45) is 0 Å². The molecule has 0 N–H and O–H groups in total. The van der Waals surface area contributed by atoms with Crippen molar-refractivity contribution in [3.63, 3.8) is 0 Å². The average Bonchev–Trinajstić information content (AvgIpc) is 3.41. The van der Waals surface area contributed by atoms with E-state index < -0.39 is 13.9 Å². The van der Waals surface area contributed by atoms with Crippen molar-refractivity contribution in [1.29, 1.82) is 0 Å². The molecule has 0 aliphatic heterocycles. The molecule has 2 aromatic carbocycles. The summed E-state index contributed by atoms with van der Waals surface area (Å²) in [5.41, 5.74) is 2.87. The fourth-order valence-electron chi connectivity index (χ4n) is 4.38. The molecule has 0 atom stereocenters. The van der Waals surface area contributed by atoms with Gasteiger partial charge in [-0.05, 0) is 0 Å². The van der Waals surface area contributed by atoms with Crippen LogP contribution in [0.4, 0.5) is 4.39 Å². The molecule has 3 heteroatoms. The van der Waals surface area contributed by atoms with Crippen LogP contribution in [0.15, 0.2) is 72.8 Å². The Hall–Kier alpha value is -2.18. The number of hydrogen-bond acceptors (Lipinski definition) is 1. The summed E-state index contributed by atoms with van der Waals surface area (Å²) < 4.78 is 17.9. The topological polar surface area (TPSA) is 9.23 Å². The number of fused-ring (bicyclic) bond motifs is 1. The number of rotatable bonds is 10. The second-order valence-electron chi connectivity index (χ2n) is 7.55. The van der Waals surface area contributed by atoms with E-state index in [0.717, 1.165) is 5.75 Å². The third kappa shape index (κ3) is 3.59. The van der Waals surface area contributed by atoms with Crippen molar-refractivity contribution in [2.45, 2.75) is 26.2 Å². The van der Waals surface area contributed by atoms with Crippen LogP contribution in [0.3, 0.4) is 0 Å². The Balaban J connectivity index is 1.81. The van der Waals surface area contributed by atoms with Gasteiger partial charge in [-0.1, -0.05) is 0 Å². The van der Waals surface area contributed by atoms with E-state index in [-0.39, 0.29) is 6.61 Å². The number of hydrogen-bond donors (Lipinski definition) is 0. The molecule has 0 unspecified atom stereocenters. The third-order valence-corrected chi connectivity index (χ3v) is 10.9. The van der Waals surface area contributed by atoms with E-state index in [1.54, 1.807) is 5.30 Å². The van der Waals surface area contributed by atoms with Gasteiger partial charge in [0.15, 0.2) is 0 Å². The van der Waals surface area contributed by atoms with Crippen LogP contribution < -0.4 is 20.7 Å². The molecule has 0 heterocycles. The molecule has 2 aliphatic carbocycles. The van der Waals surface area contributed by atoms with Crippen LogP contribution in [0.25, 0.3) is 11.1 Å². The average molecular weight is 394 g/mol. The fraction of sp³-hybridized carbons (Fsp3) is 0.280. The Morgan fingerprint density at radius 3 is 2.21 bits per heavy atom. The van der Waals surface area contributed by atoms with Gasteiger partial charge in [0.25, 0.3) is 0 Å². The zero-order chi connectivity index (χ0) is 19.4. The van der Waals surface area contributed by atoms with Crippen LogP contribution in [0.2, 0.25) is 0 Å². The molecule has 0 fully saturated rings. The summed E-state index contributed by atoms with van der Waals surface area (Å²) in [6.07, 6.45) is 4.92. The quantitative estimate of drug-likeness (QED) is 0.264. The molecule has 4 rings (SSSR count). The number of halogens is 1. The predicted molar refractivity (Wildman–Crippen MR) is 121 cm³/mol. The first-order valence-corrected chi connectivity index (χ1v) is 12.5. The van der Waals surface area contributed by atoms with E-state index in [4.69, 9.17) is 4.74 Å². The fourth-order valence-corrected chi connectivity index (χ4v) is 9.51. The van der Waals surface area contributed by atoms with Gasteiger partial charge in [0.1, 0.15) is 0 Å². The first-order chi connectivity index (χ1) is 13.8. The summed E-state index contributed by atoms with van der Waals surface area (Å²) in [5.74, 6) is 0.746. The maximum absolute atomic E-state index is 12.5. The van der Waals surface area contributed by atoms with Gasteiger partial charge in [-0.2, -0.15) is 0 Å². The number of benzene rings is 3. The Morgan fingerprint density at radius 1 is 0.857 bits per heavy atom. The second kappa shape index (κ2) is 8.45. The van der Waals surface area contributed by atoms with Gasteiger partial charge in [0, 0.05) is 0 Å². The van der Waals surface area contributed by atoms with Gasteiger partial charge in [-0.25, -0.2) is 0 Å². The van der Waals surface area contributed by atoms with Crippen molar-refractivity contribution >= 4 is 23.2 Å². The third-order valence-electron chi connectivity index (χ3n) is 5.82. The zero-order valence-electron chi connectivity index (χ0n) is 16.5. The van der Waals surface area contributed by atoms with Crippen LogP contribution in [-0.2, 0) is 0 Å². The Labute approximate surface area is 167 Å². The molecular weight excluding hydrogens is 366 g/mol. The Bertz CT molecular complexity index is 923. The molecule has 1 nitrogen and oxygen atoms in total. The molecule has 0 saturated heterocycles. The number of ether oxygens (including phenoxy) is 1. The molecule has 2 aromatic rings. The van der Waals surface area contributed by atoms with Crippen molar-refractivity contribution in [1.82, 2.24) is 0 Å². The summed E-state index contributed by atoms with van der Waals surface area (Å²) in [6.45, 7) is 1.92. The van der Waals surface area contributed by atoms with Crippen molar-refractivity contribution in [3.8, 4) is 16.9 Å². The van der Waals surface area contributed by atoms with Gasteiger partial charge < -0.3 is 0 Å². The molecule has 146 valence electrons. The first kappa shape index (κ1) is 19.2. The van der Waals surface area contributed by atoms with Gasteiger partial charge >= 0.3 is 168 Å². The van der Waals surface area contributed by atoms with E-state index in [9.17, 15) is 4.39 Å². The van der Waals surface area contributed by atoms with E-state index in [2.05, 4.69) is 67.6 Å². The standard InChI is InChI=1S/C25H28FOP/c1-2-3-7-18-28(22-8-5-4-6-9-22,25-15-10-20-19-24(20)25)23-13-11-21(12-14-23)27-17-16-26/h4-6,8-15,19,28H,2-3,7,16-18H2,1H3. The van der Waals surface area contributed by atoms with Crippen molar-refractivity contribution < 1.29 is 9.13 Å². The predicted octanol–water partition coefficient (Wildman–Crippen LogP) is 5.23. The summed E-state index contributed by atoms with van der Waals surface area (Å²) in [7, 11) is -2.12. The zero-order valence-corrected chi connectivity index (χ0v) is 17.5. The van der Waals surface area contributed by atoms with Gasteiger partial charge in [-0.15, -0.1) is 0 Å².